The van der Waals surface area contributed by atoms with Crippen LogP contribution >= 0.6 is 0 Å². The van der Waals surface area contributed by atoms with Crippen molar-refractivity contribution in [2.75, 3.05) is 53.9 Å². The molecule has 0 aromatic heterocycles. The van der Waals surface area contributed by atoms with Gasteiger partial charge in [-0.1, -0.05) is 51.0 Å². The number of methoxy groups -OCH3 is 2. The van der Waals surface area contributed by atoms with Crippen molar-refractivity contribution >= 4 is 5.97 Å². The van der Waals surface area contributed by atoms with Crippen LogP contribution in [0.15, 0.2) is 23.3 Å². The lowest BCUT2D eigenvalue weighted by Gasteiger charge is -2.65. The Morgan fingerprint density at radius 3 is 1.45 bits per heavy atom. The number of aliphatic hydroxyl groups excluding tert-OH is 17. The molecule has 38 atom stereocenters. The lowest BCUT2D eigenvalue weighted by Crippen LogP contribution is -2.68. The number of carbonyl (C=O) groups is 1. The van der Waals surface area contributed by atoms with Gasteiger partial charge >= 0.3 is 5.97 Å². The first kappa shape index (κ1) is 77.8. The number of fused-ring (bicyclic) bond motifs is 4. The average Bonchev–Trinajstić information content (AvgIpc) is 1.52. The first-order valence-corrected chi connectivity index (χ1v) is 34.8. The molecule has 0 aromatic carbocycles. The zero-order valence-electron chi connectivity index (χ0n) is 57.4. The minimum absolute atomic E-state index is 0.0875. The fourth-order valence-corrected chi connectivity index (χ4v) is 19.8. The van der Waals surface area contributed by atoms with E-state index in [1.807, 2.05) is 26.8 Å². The summed E-state index contributed by atoms with van der Waals surface area (Å²) >= 11 is 0. The molecule has 0 radical (unpaired) electrons. The van der Waals surface area contributed by atoms with Gasteiger partial charge in [-0.2, -0.15) is 0 Å². The number of aliphatic hydroxyl groups is 17. The van der Waals surface area contributed by atoms with Crippen molar-refractivity contribution in [3.63, 3.8) is 0 Å². The van der Waals surface area contributed by atoms with Gasteiger partial charge in [-0.05, 0) is 106 Å². The van der Waals surface area contributed by atoms with E-state index in [1.54, 1.807) is 0 Å². The number of carbonyl (C=O) groups excluding carboxylic acids is 1. The Labute approximate surface area is 574 Å². The van der Waals surface area contributed by atoms with Crippen LogP contribution in [-0.4, -0.2) is 336 Å². The molecule has 568 valence electrons. The van der Waals surface area contributed by atoms with Crippen molar-refractivity contribution in [3.8, 4) is 0 Å². The summed E-state index contributed by atoms with van der Waals surface area (Å²) in [7, 11) is 2.35. The molecule has 7 saturated heterocycles. The van der Waals surface area contributed by atoms with Crippen LogP contribution in [0.1, 0.15) is 99.8 Å². The highest BCUT2D eigenvalue weighted by atomic mass is 16.8. The van der Waals surface area contributed by atoms with E-state index >= 15 is 0 Å². The topological polar surface area (TPSA) is 490 Å². The van der Waals surface area contributed by atoms with Gasteiger partial charge in [0.2, 0.25) is 0 Å². The first-order chi connectivity index (χ1) is 46.8. The molecule has 11 aliphatic rings. The fourth-order valence-electron chi connectivity index (χ4n) is 19.8. The monoisotopic (exact) mass is 1420 g/mol. The molecule has 0 unspecified atom stereocenters. The van der Waals surface area contributed by atoms with Gasteiger partial charge in [0, 0.05) is 20.1 Å². The van der Waals surface area contributed by atoms with Gasteiger partial charge in [-0.25, -0.2) is 0 Å². The van der Waals surface area contributed by atoms with Crippen molar-refractivity contribution in [1.82, 2.24) is 0 Å². The Balaban J connectivity index is 0.869. The molecule has 17 N–H and O–H groups in total. The van der Waals surface area contributed by atoms with E-state index in [4.69, 9.17) is 66.3 Å². The number of ether oxygens (including phenoxy) is 14. The van der Waals surface area contributed by atoms with Crippen LogP contribution in [0, 0.1) is 45.3 Å². The van der Waals surface area contributed by atoms with Crippen LogP contribution in [0.4, 0.5) is 0 Å². The predicted octanol–water partition coefficient (Wildman–Crippen LogP) is -4.87. The van der Waals surface area contributed by atoms with Gasteiger partial charge < -0.3 is 153 Å². The van der Waals surface area contributed by atoms with Crippen LogP contribution in [0.25, 0.3) is 0 Å². The molecule has 32 heteroatoms. The molecule has 7 aliphatic heterocycles. The molecule has 11 rings (SSSR count). The van der Waals surface area contributed by atoms with E-state index in [0.717, 1.165) is 17.6 Å². The van der Waals surface area contributed by atoms with Crippen molar-refractivity contribution < 1.29 is 158 Å². The van der Waals surface area contributed by atoms with Crippen LogP contribution in [0.3, 0.4) is 0 Å². The minimum atomic E-state index is -2.15. The zero-order valence-corrected chi connectivity index (χ0v) is 57.4. The molecule has 32 nitrogen and oxygen atoms in total. The zero-order chi connectivity index (χ0) is 72.1. The van der Waals surface area contributed by atoms with E-state index < -0.39 is 257 Å². The largest absolute Gasteiger partial charge is 0.458 e. The van der Waals surface area contributed by atoms with Crippen molar-refractivity contribution in [1.29, 1.82) is 0 Å². The van der Waals surface area contributed by atoms with Crippen molar-refractivity contribution in [3.05, 3.63) is 23.3 Å². The molecule has 7 heterocycles. The van der Waals surface area contributed by atoms with Gasteiger partial charge in [0.15, 0.2) is 31.5 Å². The van der Waals surface area contributed by atoms with Crippen LogP contribution < -0.4 is 0 Å². The molecule has 0 aromatic rings. The molecule has 10 fully saturated rings. The third kappa shape index (κ3) is 13.2. The quantitative estimate of drug-likeness (QED) is 0.0378. The summed E-state index contributed by atoms with van der Waals surface area (Å²) in [6, 6.07) is 0. The molecule has 3 saturated carbocycles. The average molecular weight is 1430 g/mol. The van der Waals surface area contributed by atoms with E-state index in [-0.39, 0.29) is 23.7 Å². The lowest BCUT2D eigenvalue weighted by molar-refractivity contribution is -0.390. The maximum Gasteiger partial charge on any atom is 0.316 e. The second-order valence-corrected chi connectivity index (χ2v) is 30.8. The highest BCUT2D eigenvalue weighted by Crippen LogP contribution is 2.76. The van der Waals surface area contributed by atoms with Gasteiger partial charge in [0.25, 0.3) is 0 Å². The predicted molar refractivity (Wildman–Crippen MR) is 332 cm³/mol. The van der Waals surface area contributed by atoms with Gasteiger partial charge in [0.1, 0.15) is 151 Å². The number of hydrogen-bond donors (Lipinski definition) is 17. The summed E-state index contributed by atoms with van der Waals surface area (Å²) in [5.41, 5.74) is -1.66. The summed E-state index contributed by atoms with van der Waals surface area (Å²) in [6.45, 7) is 9.83. The molecule has 0 amide bonds. The molecule has 1 spiro atoms. The second kappa shape index (κ2) is 30.2. The lowest BCUT2D eigenvalue weighted by atomic mass is 9.39. The van der Waals surface area contributed by atoms with Crippen LogP contribution in [0.2, 0.25) is 0 Å². The third-order valence-electron chi connectivity index (χ3n) is 25.0. The Morgan fingerprint density at radius 2 is 0.960 bits per heavy atom. The summed E-state index contributed by atoms with van der Waals surface area (Å²) in [4.78, 5) is 14.7. The third-order valence-corrected chi connectivity index (χ3v) is 25.0. The smallest absolute Gasteiger partial charge is 0.316 e. The van der Waals surface area contributed by atoms with E-state index in [2.05, 4.69) is 33.8 Å². The molecule has 4 aliphatic carbocycles. The Hall–Kier alpha value is -2.25. The molecular formula is C67H108O32. The summed E-state index contributed by atoms with van der Waals surface area (Å²) in [5, 5.41) is 192. The van der Waals surface area contributed by atoms with Crippen LogP contribution in [0.5, 0.6) is 0 Å². The van der Waals surface area contributed by atoms with Crippen LogP contribution in [-0.2, 0) is 71.1 Å². The molecular weight excluding hydrogens is 1320 g/mol. The maximum absolute atomic E-state index is 14.7. The van der Waals surface area contributed by atoms with Gasteiger partial charge in [-0.3, -0.25) is 4.79 Å². The maximum atomic E-state index is 14.7. The number of esters is 1. The Bertz CT molecular complexity index is 2800. The summed E-state index contributed by atoms with van der Waals surface area (Å²) in [6.07, 6.45) is -42.1. The van der Waals surface area contributed by atoms with E-state index in [9.17, 15) is 91.6 Å². The standard InChI is InChI=1S/C67H108O32/c1-26(2)11-10-16-66(7)37-15-18-65(6)27-12-13-36-63(3,4)28(14-17-64(36,5)29(27)19-38(73)67(37,65)62(85)99-66)50-56(43(78)35(25-88-50)94-58-48(83)54(41(76)32(22-70)89-58)96-59-46(81)52(86-8)39(74)30(20-68)90-59)98-57-45(80)44(79)51(34(24-72)93-57)95-61-49(84)55(42(77)33(23-71)92-61)97-60-47(82)53(87-9)40(75)31(21-69)91-60/h11,19,27-28,30-61,68-84H,10,12-18,20-25H2,1-9H3/t27-,28-,30-,31-,32-,33-,34-,35-,36+,37-,38+,39-,40-,41-,42-,43+,44-,45-,46-,47-,48-,49-,50+,51-,52+,53+,54+,55+,56-,57+,58+,59+,60+,61+,64-,65+,66+,67+/m1/s1. The summed E-state index contributed by atoms with van der Waals surface area (Å²) in [5.74, 6) is -1.34. The first-order valence-electron chi connectivity index (χ1n) is 34.8. The molecule has 99 heavy (non-hydrogen) atoms. The Kier molecular flexibility index (Phi) is 23.7. The highest BCUT2D eigenvalue weighted by molar-refractivity contribution is 5.84. The number of hydrogen-bond acceptors (Lipinski definition) is 32. The number of rotatable bonds is 21. The minimum Gasteiger partial charge on any atom is -0.458 e. The Morgan fingerprint density at radius 1 is 0.505 bits per heavy atom. The highest BCUT2D eigenvalue weighted by Gasteiger charge is 2.79. The second-order valence-electron chi connectivity index (χ2n) is 30.8. The van der Waals surface area contributed by atoms with E-state index in [0.29, 0.717) is 44.9 Å². The van der Waals surface area contributed by atoms with Crippen molar-refractivity contribution in [2.24, 2.45) is 45.3 Å². The normalized spacial score (nSPS) is 52.8. The SMILES string of the molecule is CO[C@@H]1[C@@H](O)[C@H](O[C@@H]2[C@@H](O)[C@H](O[C@H]3[C@H](O)[C@@H](O)[C@H](O[C@@H]4[C@@H](O)[C@H](O[C@@H]5O[C@H](CO)[C@@H](O)[C@H](O[C@@H]6O[C@H](CO)[C@@H](O)[C@H](OC)[C@H]6O)[C@H]5O)CO[C@H]4[C@H]4CC[C@]5(C)C6=C[C@H](O)[C@]78C(=O)O[C@@](C)(CCC=C(C)C)[C@H]7CC[C@@]8(C)[C@@H]6CC[C@H]5C4(C)C)O[C@@H]3CO)O[C@H](CO)[C@H]2O)O[C@H](CO)[C@H]1O. The van der Waals surface area contributed by atoms with E-state index in [1.165, 1.54) is 14.2 Å². The summed E-state index contributed by atoms with van der Waals surface area (Å²) < 4.78 is 83.8. The number of allylic oxidation sites excluding steroid dienone is 3. The van der Waals surface area contributed by atoms with Crippen molar-refractivity contribution in [2.45, 2.75) is 289 Å². The molecule has 0 bridgehead atoms. The van der Waals surface area contributed by atoms with Gasteiger partial charge in [-0.15, -0.1) is 0 Å². The van der Waals surface area contributed by atoms with Gasteiger partial charge in [0.05, 0.1) is 51.8 Å². The fraction of sp³-hybridized carbons (Fsp3) is 0.925. The number of cyclic esters (lactones) is 1.